The molecule has 0 aliphatic heterocycles. The van der Waals surface area contributed by atoms with Gasteiger partial charge in [-0.25, -0.2) is 4.68 Å². The van der Waals surface area contributed by atoms with Gasteiger partial charge in [0.05, 0.1) is 12.2 Å². The Morgan fingerprint density at radius 2 is 1.94 bits per heavy atom. The van der Waals surface area contributed by atoms with Crippen molar-refractivity contribution in [1.82, 2.24) is 9.78 Å². The van der Waals surface area contributed by atoms with Crippen molar-refractivity contribution in [2.45, 2.75) is 19.9 Å². The second kappa shape index (κ2) is 4.18. The fourth-order valence-corrected chi connectivity index (χ4v) is 1.78. The Bertz CT molecular complexity index is 487. The number of aryl methyl sites for hydroxylation is 1. The van der Waals surface area contributed by atoms with Crippen LogP contribution in [0.1, 0.15) is 24.1 Å². The average Bonchev–Trinajstić information content (AvgIpc) is 2.60. The number of nitrogens with two attached hydrogens (primary N) is 1. The van der Waals surface area contributed by atoms with Crippen molar-refractivity contribution in [2.24, 2.45) is 0 Å². The van der Waals surface area contributed by atoms with Crippen molar-refractivity contribution in [3.05, 3.63) is 46.6 Å². The molecule has 0 saturated heterocycles. The molecule has 0 bridgehead atoms. The molecule has 4 heteroatoms. The van der Waals surface area contributed by atoms with Gasteiger partial charge in [-0.3, -0.25) is 0 Å². The molecule has 84 valence electrons. The molecule has 0 fully saturated rings. The van der Waals surface area contributed by atoms with Crippen LogP contribution in [0.25, 0.3) is 0 Å². The molecule has 2 rings (SSSR count). The van der Waals surface area contributed by atoms with Crippen LogP contribution < -0.4 is 5.73 Å². The summed E-state index contributed by atoms with van der Waals surface area (Å²) in [5, 5.41) is 4.67. The standard InChI is InChI=1S/C12H14ClN3/c1-8-3-5-10(6-4-8)9(2)16-12(14)11(13)7-15-16/h3-7,9H,14H2,1-2H3. The summed E-state index contributed by atoms with van der Waals surface area (Å²) in [6.07, 6.45) is 1.57. The molecule has 1 aromatic heterocycles. The van der Waals surface area contributed by atoms with E-state index in [0.29, 0.717) is 10.8 Å². The van der Waals surface area contributed by atoms with Crippen LogP contribution in [0.5, 0.6) is 0 Å². The number of hydrogen-bond donors (Lipinski definition) is 1. The van der Waals surface area contributed by atoms with Gasteiger partial charge in [0.2, 0.25) is 0 Å². The molecule has 0 radical (unpaired) electrons. The molecular weight excluding hydrogens is 222 g/mol. The number of aromatic nitrogens is 2. The Kier molecular flexibility index (Phi) is 2.88. The van der Waals surface area contributed by atoms with E-state index in [9.17, 15) is 0 Å². The Hall–Kier alpha value is -1.48. The molecule has 0 spiro atoms. The summed E-state index contributed by atoms with van der Waals surface area (Å²) in [7, 11) is 0. The first-order chi connectivity index (χ1) is 7.59. The molecule has 1 atom stereocenters. The normalized spacial score (nSPS) is 12.7. The molecule has 1 aromatic carbocycles. The lowest BCUT2D eigenvalue weighted by Gasteiger charge is -2.14. The number of nitrogens with zero attached hydrogens (tertiary/aromatic N) is 2. The van der Waals surface area contributed by atoms with E-state index in [1.54, 1.807) is 10.9 Å². The summed E-state index contributed by atoms with van der Waals surface area (Å²) in [4.78, 5) is 0. The van der Waals surface area contributed by atoms with Gasteiger partial charge in [-0.05, 0) is 19.4 Å². The van der Waals surface area contributed by atoms with Gasteiger partial charge >= 0.3 is 0 Å². The van der Waals surface area contributed by atoms with Gasteiger partial charge in [0, 0.05) is 0 Å². The predicted molar refractivity (Wildman–Crippen MR) is 66.6 cm³/mol. The molecule has 1 heterocycles. The number of nitrogen functional groups attached to an aromatic ring is 1. The van der Waals surface area contributed by atoms with Crippen LogP contribution in [0.4, 0.5) is 5.82 Å². The molecule has 2 N–H and O–H groups in total. The monoisotopic (exact) mass is 235 g/mol. The van der Waals surface area contributed by atoms with E-state index in [1.165, 1.54) is 5.56 Å². The summed E-state index contributed by atoms with van der Waals surface area (Å²) in [6, 6.07) is 8.40. The highest BCUT2D eigenvalue weighted by atomic mass is 35.5. The molecule has 0 amide bonds. The molecule has 0 saturated carbocycles. The molecule has 1 unspecified atom stereocenters. The lowest BCUT2D eigenvalue weighted by molar-refractivity contribution is 0.573. The minimum absolute atomic E-state index is 0.0908. The van der Waals surface area contributed by atoms with Gasteiger partial charge in [0.25, 0.3) is 0 Å². The van der Waals surface area contributed by atoms with Gasteiger partial charge in [-0.2, -0.15) is 5.10 Å². The van der Waals surface area contributed by atoms with E-state index in [0.717, 1.165) is 5.56 Å². The number of benzene rings is 1. The van der Waals surface area contributed by atoms with Crippen LogP contribution in [-0.4, -0.2) is 9.78 Å². The van der Waals surface area contributed by atoms with Crippen molar-refractivity contribution in [3.8, 4) is 0 Å². The van der Waals surface area contributed by atoms with Crippen LogP contribution in [0.3, 0.4) is 0 Å². The van der Waals surface area contributed by atoms with E-state index in [2.05, 4.69) is 36.3 Å². The smallest absolute Gasteiger partial charge is 0.141 e. The number of anilines is 1. The maximum atomic E-state index is 5.88. The van der Waals surface area contributed by atoms with Crippen molar-refractivity contribution in [3.63, 3.8) is 0 Å². The third-order valence-corrected chi connectivity index (χ3v) is 3.00. The lowest BCUT2D eigenvalue weighted by atomic mass is 10.1. The highest BCUT2D eigenvalue weighted by molar-refractivity contribution is 6.32. The largest absolute Gasteiger partial charge is 0.383 e. The summed E-state index contributed by atoms with van der Waals surface area (Å²) in [6.45, 7) is 4.11. The minimum Gasteiger partial charge on any atom is -0.383 e. The van der Waals surface area contributed by atoms with Gasteiger partial charge in [0.15, 0.2) is 0 Å². The second-order valence-electron chi connectivity index (χ2n) is 3.91. The highest BCUT2D eigenvalue weighted by Crippen LogP contribution is 2.25. The third-order valence-electron chi connectivity index (χ3n) is 2.71. The summed E-state index contributed by atoms with van der Waals surface area (Å²) >= 11 is 5.88. The van der Waals surface area contributed by atoms with Crippen LogP contribution >= 0.6 is 11.6 Å². The van der Waals surface area contributed by atoms with Crippen molar-refractivity contribution >= 4 is 17.4 Å². The Balaban J connectivity index is 2.35. The molecule has 0 aliphatic carbocycles. The van der Waals surface area contributed by atoms with Crippen molar-refractivity contribution < 1.29 is 0 Å². The van der Waals surface area contributed by atoms with Gasteiger partial charge in [-0.15, -0.1) is 0 Å². The Morgan fingerprint density at radius 3 is 2.44 bits per heavy atom. The first-order valence-corrected chi connectivity index (χ1v) is 5.52. The third kappa shape index (κ3) is 1.91. The van der Waals surface area contributed by atoms with Crippen molar-refractivity contribution in [2.75, 3.05) is 5.73 Å². The zero-order valence-corrected chi connectivity index (χ0v) is 10.1. The van der Waals surface area contributed by atoms with Gasteiger partial charge in [-0.1, -0.05) is 41.4 Å². The zero-order valence-electron chi connectivity index (χ0n) is 9.31. The number of halogens is 1. The van der Waals surface area contributed by atoms with E-state index in [1.807, 2.05) is 6.92 Å². The molecule has 2 aromatic rings. The quantitative estimate of drug-likeness (QED) is 0.870. The van der Waals surface area contributed by atoms with Crippen LogP contribution in [0.15, 0.2) is 30.5 Å². The number of hydrogen-bond acceptors (Lipinski definition) is 2. The van der Waals surface area contributed by atoms with E-state index in [4.69, 9.17) is 17.3 Å². The van der Waals surface area contributed by atoms with Crippen LogP contribution in [0, 0.1) is 6.92 Å². The number of rotatable bonds is 2. The topological polar surface area (TPSA) is 43.8 Å². The van der Waals surface area contributed by atoms with Crippen LogP contribution in [-0.2, 0) is 0 Å². The zero-order chi connectivity index (χ0) is 11.7. The van der Waals surface area contributed by atoms with Crippen molar-refractivity contribution in [1.29, 1.82) is 0 Å². The first kappa shape index (κ1) is 11.0. The molecule has 3 nitrogen and oxygen atoms in total. The fourth-order valence-electron chi connectivity index (χ4n) is 1.65. The predicted octanol–water partition coefficient (Wildman–Crippen LogP) is 3.04. The maximum Gasteiger partial charge on any atom is 0.141 e. The SMILES string of the molecule is Cc1ccc(C(C)n2ncc(Cl)c2N)cc1. The Morgan fingerprint density at radius 1 is 1.31 bits per heavy atom. The van der Waals surface area contributed by atoms with Crippen LogP contribution in [0.2, 0.25) is 5.02 Å². The molecule has 0 aliphatic rings. The van der Waals surface area contributed by atoms with Gasteiger partial charge in [0.1, 0.15) is 10.8 Å². The summed E-state index contributed by atoms with van der Waals surface area (Å²) in [5.41, 5.74) is 8.24. The fraction of sp³-hybridized carbons (Fsp3) is 0.250. The summed E-state index contributed by atoms with van der Waals surface area (Å²) < 4.78 is 1.73. The molecule has 16 heavy (non-hydrogen) atoms. The maximum absolute atomic E-state index is 5.88. The lowest BCUT2D eigenvalue weighted by Crippen LogP contribution is -2.11. The van der Waals surface area contributed by atoms with Gasteiger partial charge < -0.3 is 5.73 Å². The molecular formula is C12H14ClN3. The first-order valence-electron chi connectivity index (χ1n) is 5.14. The minimum atomic E-state index is 0.0908. The van der Waals surface area contributed by atoms with E-state index in [-0.39, 0.29) is 6.04 Å². The Labute approximate surface area is 99.8 Å². The average molecular weight is 236 g/mol. The van der Waals surface area contributed by atoms with E-state index >= 15 is 0 Å². The highest BCUT2D eigenvalue weighted by Gasteiger charge is 2.13. The van der Waals surface area contributed by atoms with E-state index < -0.39 is 0 Å². The second-order valence-corrected chi connectivity index (χ2v) is 4.32. The summed E-state index contributed by atoms with van der Waals surface area (Å²) in [5.74, 6) is 0.509.